The van der Waals surface area contributed by atoms with Gasteiger partial charge in [0.2, 0.25) is 5.91 Å². The summed E-state index contributed by atoms with van der Waals surface area (Å²) in [6.07, 6.45) is 0.717. The van der Waals surface area contributed by atoms with Gasteiger partial charge in [-0.3, -0.25) is 14.4 Å². The third-order valence-electron chi connectivity index (χ3n) is 3.68. The molecule has 1 aromatic heterocycles. The van der Waals surface area contributed by atoms with Gasteiger partial charge in [-0.05, 0) is 33.3 Å². The minimum absolute atomic E-state index is 0.0000905. The molecule has 0 unspecified atom stereocenters. The zero-order valence-corrected chi connectivity index (χ0v) is 15.7. The highest BCUT2D eigenvalue weighted by molar-refractivity contribution is 5.89. The van der Waals surface area contributed by atoms with Crippen LogP contribution in [0.4, 0.5) is 0 Å². The van der Waals surface area contributed by atoms with Gasteiger partial charge in [0.15, 0.2) is 0 Å². The van der Waals surface area contributed by atoms with Crippen LogP contribution in [0, 0.1) is 0 Å². The van der Waals surface area contributed by atoms with Crippen molar-refractivity contribution < 1.29 is 14.3 Å². The first-order chi connectivity index (χ1) is 12.2. The summed E-state index contributed by atoms with van der Waals surface area (Å²) in [4.78, 5) is 38.1. The predicted octanol–water partition coefficient (Wildman–Crippen LogP) is 2.05. The SMILES string of the molecule is CCCN(CC(=O)OC(C)(C)C)C(=O)Cc1n[nH]c(=O)c2ccccc12. The van der Waals surface area contributed by atoms with Crippen LogP contribution in [0.25, 0.3) is 10.8 Å². The molecule has 2 aromatic rings. The number of aromatic amines is 1. The summed E-state index contributed by atoms with van der Waals surface area (Å²) in [5.74, 6) is -0.680. The molecule has 0 aliphatic rings. The zero-order chi connectivity index (χ0) is 19.3. The Morgan fingerprint density at radius 1 is 1.19 bits per heavy atom. The molecule has 26 heavy (non-hydrogen) atoms. The summed E-state index contributed by atoms with van der Waals surface area (Å²) < 4.78 is 5.30. The molecule has 0 aliphatic carbocycles. The fourth-order valence-corrected chi connectivity index (χ4v) is 2.65. The van der Waals surface area contributed by atoms with Gasteiger partial charge in [-0.2, -0.15) is 5.10 Å². The Kier molecular flexibility index (Phi) is 6.13. The van der Waals surface area contributed by atoms with Crippen molar-refractivity contribution in [2.75, 3.05) is 13.1 Å². The molecular weight excluding hydrogens is 334 g/mol. The van der Waals surface area contributed by atoms with Crippen LogP contribution in [0.3, 0.4) is 0 Å². The van der Waals surface area contributed by atoms with E-state index >= 15 is 0 Å². The average molecular weight is 359 g/mol. The van der Waals surface area contributed by atoms with E-state index in [1.54, 1.807) is 45.0 Å². The first kappa shape index (κ1) is 19.6. The summed E-state index contributed by atoms with van der Waals surface area (Å²) in [6, 6.07) is 7.00. The van der Waals surface area contributed by atoms with Crippen LogP contribution in [0.2, 0.25) is 0 Å². The normalized spacial score (nSPS) is 11.4. The predicted molar refractivity (Wildman–Crippen MR) is 98.8 cm³/mol. The molecule has 2 rings (SSSR count). The highest BCUT2D eigenvalue weighted by atomic mass is 16.6. The van der Waals surface area contributed by atoms with Crippen LogP contribution < -0.4 is 5.56 Å². The molecule has 7 heteroatoms. The third-order valence-corrected chi connectivity index (χ3v) is 3.68. The van der Waals surface area contributed by atoms with E-state index in [-0.39, 0.29) is 24.4 Å². The molecule has 1 aromatic carbocycles. The fraction of sp³-hybridized carbons (Fsp3) is 0.474. The maximum absolute atomic E-state index is 12.7. The number of esters is 1. The van der Waals surface area contributed by atoms with Gasteiger partial charge in [0.1, 0.15) is 12.1 Å². The molecule has 0 bridgehead atoms. The maximum atomic E-state index is 12.7. The number of carbonyl (C=O) groups is 2. The second-order valence-electron chi connectivity index (χ2n) is 7.12. The molecule has 140 valence electrons. The molecule has 0 atom stereocenters. The van der Waals surface area contributed by atoms with Gasteiger partial charge in [-0.25, -0.2) is 5.10 Å². The zero-order valence-electron chi connectivity index (χ0n) is 15.7. The van der Waals surface area contributed by atoms with Crippen molar-refractivity contribution in [3.05, 3.63) is 40.3 Å². The molecule has 0 aliphatic heterocycles. The number of rotatable bonds is 6. The summed E-state index contributed by atoms with van der Waals surface area (Å²) in [7, 11) is 0. The lowest BCUT2D eigenvalue weighted by Crippen LogP contribution is -2.40. The minimum atomic E-state index is -0.602. The molecule has 1 amide bonds. The van der Waals surface area contributed by atoms with Crippen LogP contribution in [-0.4, -0.2) is 45.7 Å². The van der Waals surface area contributed by atoms with E-state index in [1.165, 1.54) is 4.90 Å². The van der Waals surface area contributed by atoms with Crippen LogP contribution in [0.5, 0.6) is 0 Å². The van der Waals surface area contributed by atoms with Crippen LogP contribution in [0.1, 0.15) is 39.8 Å². The first-order valence-corrected chi connectivity index (χ1v) is 8.67. The Morgan fingerprint density at radius 3 is 2.46 bits per heavy atom. The van der Waals surface area contributed by atoms with Crippen molar-refractivity contribution in [1.29, 1.82) is 0 Å². The summed E-state index contributed by atoms with van der Waals surface area (Å²) in [6.45, 7) is 7.63. The van der Waals surface area contributed by atoms with E-state index in [0.29, 0.717) is 29.4 Å². The number of nitrogens with one attached hydrogen (secondary N) is 1. The summed E-state index contributed by atoms with van der Waals surface area (Å²) >= 11 is 0. The van der Waals surface area contributed by atoms with E-state index in [9.17, 15) is 14.4 Å². The second kappa shape index (κ2) is 8.12. The average Bonchev–Trinajstić information content (AvgIpc) is 2.55. The topological polar surface area (TPSA) is 92.4 Å². The van der Waals surface area contributed by atoms with Crippen LogP contribution >= 0.6 is 0 Å². The van der Waals surface area contributed by atoms with E-state index in [4.69, 9.17) is 4.74 Å². The van der Waals surface area contributed by atoms with Gasteiger partial charge >= 0.3 is 5.97 Å². The van der Waals surface area contributed by atoms with Gasteiger partial charge in [-0.1, -0.05) is 25.1 Å². The van der Waals surface area contributed by atoms with Crippen LogP contribution in [-0.2, 0) is 20.7 Å². The standard InChI is InChI=1S/C19H25N3O4/c1-5-10-22(12-17(24)26-19(2,3)4)16(23)11-15-13-8-6-7-9-14(13)18(25)21-20-15/h6-9H,5,10-12H2,1-4H3,(H,21,25). The number of hydrogen-bond acceptors (Lipinski definition) is 5. The van der Waals surface area contributed by atoms with Crippen molar-refractivity contribution in [1.82, 2.24) is 15.1 Å². The maximum Gasteiger partial charge on any atom is 0.326 e. The van der Waals surface area contributed by atoms with Crippen molar-refractivity contribution in [2.45, 2.75) is 46.1 Å². The first-order valence-electron chi connectivity index (χ1n) is 8.67. The highest BCUT2D eigenvalue weighted by Crippen LogP contribution is 2.14. The number of fused-ring (bicyclic) bond motifs is 1. The van der Waals surface area contributed by atoms with Gasteiger partial charge in [0.05, 0.1) is 17.5 Å². The number of carbonyl (C=O) groups excluding carboxylic acids is 2. The Hall–Kier alpha value is -2.70. The second-order valence-corrected chi connectivity index (χ2v) is 7.12. The largest absolute Gasteiger partial charge is 0.459 e. The van der Waals surface area contributed by atoms with E-state index < -0.39 is 11.6 Å². The van der Waals surface area contributed by atoms with Gasteiger partial charge in [0, 0.05) is 11.9 Å². The molecular formula is C19H25N3O4. The Morgan fingerprint density at radius 2 is 1.85 bits per heavy atom. The molecule has 0 spiro atoms. The third kappa shape index (κ3) is 5.15. The lowest BCUT2D eigenvalue weighted by atomic mass is 10.1. The van der Waals surface area contributed by atoms with Gasteiger partial charge in [-0.15, -0.1) is 0 Å². The monoisotopic (exact) mass is 359 g/mol. The van der Waals surface area contributed by atoms with E-state index in [2.05, 4.69) is 10.2 Å². The molecule has 0 radical (unpaired) electrons. The number of ether oxygens (including phenoxy) is 1. The number of amides is 1. The summed E-state index contributed by atoms with van der Waals surface area (Å²) in [5.41, 5.74) is -0.416. The Labute approximate surface area is 152 Å². The number of nitrogens with zero attached hydrogens (tertiary/aromatic N) is 2. The number of aromatic nitrogens is 2. The molecule has 1 heterocycles. The summed E-state index contributed by atoms with van der Waals surface area (Å²) in [5, 5.41) is 7.57. The van der Waals surface area contributed by atoms with Crippen molar-refractivity contribution in [3.8, 4) is 0 Å². The minimum Gasteiger partial charge on any atom is -0.459 e. The van der Waals surface area contributed by atoms with E-state index in [0.717, 1.165) is 0 Å². The molecule has 7 nitrogen and oxygen atoms in total. The van der Waals surface area contributed by atoms with Crippen molar-refractivity contribution >= 4 is 22.6 Å². The van der Waals surface area contributed by atoms with E-state index in [1.807, 2.05) is 6.92 Å². The number of benzene rings is 1. The lowest BCUT2D eigenvalue weighted by Gasteiger charge is -2.25. The number of hydrogen-bond donors (Lipinski definition) is 1. The highest BCUT2D eigenvalue weighted by Gasteiger charge is 2.22. The Bertz CT molecular complexity index is 852. The smallest absolute Gasteiger partial charge is 0.326 e. The number of H-pyrrole nitrogens is 1. The molecule has 1 N–H and O–H groups in total. The van der Waals surface area contributed by atoms with Gasteiger partial charge < -0.3 is 9.64 Å². The molecule has 0 fully saturated rings. The van der Waals surface area contributed by atoms with Gasteiger partial charge in [0.25, 0.3) is 5.56 Å². The van der Waals surface area contributed by atoms with Crippen molar-refractivity contribution in [3.63, 3.8) is 0 Å². The fourth-order valence-electron chi connectivity index (χ4n) is 2.65. The molecule has 0 saturated heterocycles. The quantitative estimate of drug-likeness (QED) is 0.797. The molecule has 0 saturated carbocycles. The Balaban J connectivity index is 2.19. The lowest BCUT2D eigenvalue weighted by molar-refractivity contribution is -0.158. The van der Waals surface area contributed by atoms with Crippen LogP contribution in [0.15, 0.2) is 29.1 Å². The van der Waals surface area contributed by atoms with Crippen molar-refractivity contribution in [2.24, 2.45) is 0 Å².